The summed E-state index contributed by atoms with van der Waals surface area (Å²) in [5, 5.41) is 0.150. The number of benzene rings is 1. The van der Waals surface area contributed by atoms with Crippen LogP contribution in [0.4, 0.5) is 0 Å². The predicted molar refractivity (Wildman–Crippen MR) is 113 cm³/mol. The first kappa shape index (κ1) is 25.8. The van der Waals surface area contributed by atoms with Crippen LogP contribution in [0.25, 0.3) is 0 Å². The van der Waals surface area contributed by atoms with Crippen LogP contribution < -0.4 is 0 Å². The summed E-state index contributed by atoms with van der Waals surface area (Å²) in [4.78, 5) is 46.7. The van der Waals surface area contributed by atoms with E-state index in [0.717, 1.165) is 17.3 Å². The van der Waals surface area contributed by atoms with Gasteiger partial charge in [-0.1, -0.05) is 0 Å². The normalized spacial score (nSPS) is 24.8. The number of carbonyl (C=O) groups excluding carboxylic acids is 4. The second-order valence-electron chi connectivity index (χ2n) is 7.17. The molecule has 0 bridgehead atoms. The third kappa shape index (κ3) is 8.26. The van der Waals surface area contributed by atoms with Gasteiger partial charge in [-0.2, -0.15) is 0 Å². The summed E-state index contributed by atoms with van der Waals surface area (Å²) >= 11 is -0.204. The van der Waals surface area contributed by atoms with Gasteiger partial charge in [0.25, 0.3) is 0 Å². The third-order valence-corrected chi connectivity index (χ3v) is 6.87. The fourth-order valence-corrected chi connectivity index (χ4v) is 5.79. The van der Waals surface area contributed by atoms with Gasteiger partial charge in [0.15, 0.2) is 0 Å². The minimum atomic E-state index is -1.11. The second kappa shape index (κ2) is 12.6. The summed E-state index contributed by atoms with van der Waals surface area (Å²) in [5.41, 5.74) is 1.15. The summed E-state index contributed by atoms with van der Waals surface area (Å²) in [5.74, 6) is -2.39. The molecule has 5 atom stereocenters. The number of hydrogen-bond donors (Lipinski definition) is 0. The van der Waals surface area contributed by atoms with Gasteiger partial charge in [-0.15, -0.1) is 0 Å². The summed E-state index contributed by atoms with van der Waals surface area (Å²) < 4.78 is 27.5. The van der Waals surface area contributed by atoms with Crippen molar-refractivity contribution in [3.05, 3.63) is 35.9 Å². The molecule has 1 aromatic rings. The van der Waals surface area contributed by atoms with Crippen molar-refractivity contribution in [2.45, 2.75) is 68.9 Å². The van der Waals surface area contributed by atoms with E-state index in [9.17, 15) is 19.2 Å². The van der Waals surface area contributed by atoms with Crippen molar-refractivity contribution in [1.82, 2.24) is 0 Å². The van der Waals surface area contributed by atoms with Crippen molar-refractivity contribution >= 4 is 38.8 Å². The number of esters is 4. The monoisotopic (exact) mass is 516 g/mol. The number of ether oxygens (including phenoxy) is 5. The molecule has 0 radical (unpaired) electrons. The fraction of sp³-hybridized carbons (Fsp3) is 0.545. The zero-order chi connectivity index (χ0) is 23.7. The molecule has 9 nitrogen and oxygen atoms in total. The van der Waals surface area contributed by atoms with E-state index < -0.39 is 53.3 Å². The molecule has 0 amide bonds. The van der Waals surface area contributed by atoms with Gasteiger partial charge in [0, 0.05) is 0 Å². The van der Waals surface area contributed by atoms with Gasteiger partial charge in [-0.3, -0.25) is 0 Å². The van der Waals surface area contributed by atoms with E-state index in [1.165, 1.54) is 27.7 Å². The summed E-state index contributed by atoms with van der Waals surface area (Å²) in [6, 6.07) is 9.88. The van der Waals surface area contributed by atoms with Crippen molar-refractivity contribution in [3.63, 3.8) is 0 Å². The molecule has 0 N–H and O–H groups in total. The first-order valence-corrected chi connectivity index (χ1v) is 12.3. The molecule has 32 heavy (non-hydrogen) atoms. The standard InChI is InChI=1S/C22H28O9Se/c1-13(23)27-12-18-19(28-14(2)24)20(29-15(3)25)21(30-16(4)26)22(31-18)32-11-10-17-8-6-5-7-9-17/h5-9,18-22H,10-12H2,1-4H3. The van der Waals surface area contributed by atoms with Gasteiger partial charge < -0.3 is 0 Å². The van der Waals surface area contributed by atoms with Crippen molar-refractivity contribution < 1.29 is 42.9 Å². The van der Waals surface area contributed by atoms with Crippen LogP contribution in [0.2, 0.25) is 5.32 Å². The Hall–Kier alpha value is -2.42. The molecule has 1 fully saturated rings. The summed E-state index contributed by atoms with van der Waals surface area (Å²) in [6.45, 7) is 4.69. The van der Waals surface area contributed by atoms with Gasteiger partial charge in [0.05, 0.1) is 0 Å². The Morgan fingerprint density at radius 3 is 1.94 bits per heavy atom. The molecular formula is C22H28O9Se. The van der Waals surface area contributed by atoms with E-state index in [0.29, 0.717) is 0 Å². The number of rotatable bonds is 9. The van der Waals surface area contributed by atoms with E-state index in [1.807, 2.05) is 30.3 Å². The Labute approximate surface area is 193 Å². The second-order valence-corrected chi connectivity index (χ2v) is 9.70. The first-order valence-electron chi connectivity index (χ1n) is 10.1. The third-order valence-electron chi connectivity index (χ3n) is 4.46. The zero-order valence-corrected chi connectivity index (χ0v) is 20.2. The van der Waals surface area contributed by atoms with Crippen molar-refractivity contribution in [2.24, 2.45) is 0 Å². The van der Waals surface area contributed by atoms with Gasteiger partial charge in [0.1, 0.15) is 0 Å². The zero-order valence-electron chi connectivity index (χ0n) is 18.5. The van der Waals surface area contributed by atoms with Crippen LogP contribution in [-0.2, 0) is 49.3 Å². The number of aryl methyl sites for hydroxylation is 1. The van der Waals surface area contributed by atoms with E-state index in [-0.39, 0.29) is 21.6 Å². The molecule has 1 aromatic carbocycles. The molecule has 0 aromatic heterocycles. The molecule has 1 aliphatic heterocycles. The van der Waals surface area contributed by atoms with Crippen LogP contribution in [0.3, 0.4) is 0 Å². The van der Waals surface area contributed by atoms with Gasteiger partial charge in [-0.05, 0) is 0 Å². The maximum atomic E-state index is 11.8. The Morgan fingerprint density at radius 1 is 0.812 bits per heavy atom. The number of carbonyl (C=O) groups is 4. The Kier molecular flexibility index (Phi) is 10.2. The quantitative estimate of drug-likeness (QED) is 0.274. The average Bonchev–Trinajstić information content (AvgIpc) is 2.70. The summed E-state index contributed by atoms with van der Waals surface area (Å²) in [6.07, 6.45) is -3.28. The van der Waals surface area contributed by atoms with E-state index in [1.54, 1.807) is 0 Å². The Morgan fingerprint density at radius 2 is 1.38 bits per heavy atom. The Bertz CT molecular complexity index is 798. The molecule has 0 aliphatic carbocycles. The maximum absolute atomic E-state index is 11.8. The molecular weight excluding hydrogens is 487 g/mol. The minimum absolute atomic E-state index is 0.204. The van der Waals surface area contributed by atoms with Crippen LogP contribution in [0.15, 0.2) is 30.3 Å². The molecule has 5 unspecified atom stereocenters. The van der Waals surface area contributed by atoms with Crippen LogP contribution in [0.1, 0.15) is 33.3 Å². The molecule has 0 spiro atoms. The van der Waals surface area contributed by atoms with Crippen molar-refractivity contribution in [1.29, 1.82) is 0 Å². The number of hydrogen-bond acceptors (Lipinski definition) is 9. The molecule has 1 heterocycles. The molecule has 2 rings (SSSR count). The predicted octanol–water partition coefficient (Wildman–Crippen LogP) is 1.43. The van der Waals surface area contributed by atoms with Crippen molar-refractivity contribution in [2.75, 3.05) is 6.61 Å². The van der Waals surface area contributed by atoms with Crippen LogP contribution in [-0.4, -0.2) is 74.9 Å². The molecule has 1 aliphatic rings. The Balaban J connectivity index is 2.28. The van der Waals surface area contributed by atoms with Crippen LogP contribution >= 0.6 is 0 Å². The molecule has 10 heteroatoms. The first-order chi connectivity index (χ1) is 15.2. The van der Waals surface area contributed by atoms with Crippen molar-refractivity contribution in [3.8, 4) is 0 Å². The average molecular weight is 515 g/mol. The fourth-order valence-electron chi connectivity index (χ4n) is 3.26. The van der Waals surface area contributed by atoms with Gasteiger partial charge in [-0.25, -0.2) is 0 Å². The summed E-state index contributed by atoms with van der Waals surface area (Å²) in [7, 11) is 0. The van der Waals surface area contributed by atoms with E-state index >= 15 is 0 Å². The molecule has 176 valence electrons. The topological polar surface area (TPSA) is 114 Å². The van der Waals surface area contributed by atoms with Crippen LogP contribution in [0, 0.1) is 0 Å². The molecule has 1 saturated heterocycles. The SMILES string of the molecule is CC(=O)OCC1OC([Se]CCc2ccccc2)C(OC(C)=O)C(OC(C)=O)C1OC(C)=O. The van der Waals surface area contributed by atoms with E-state index in [2.05, 4.69) is 0 Å². The van der Waals surface area contributed by atoms with Gasteiger partial charge >= 0.3 is 193 Å². The van der Waals surface area contributed by atoms with Crippen LogP contribution in [0.5, 0.6) is 0 Å². The van der Waals surface area contributed by atoms with Gasteiger partial charge in [0.2, 0.25) is 0 Å². The van der Waals surface area contributed by atoms with E-state index in [4.69, 9.17) is 23.7 Å². The molecule has 0 saturated carbocycles.